The van der Waals surface area contributed by atoms with Gasteiger partial charge in [0.15, 0.2) is 5.82 Å². The van der Waals surface area contributed by atoms with E-state index in [-0.39, 0.29) is 0 Å². The molecule has 5 nitrogen and oxygen atoms in total. The highest BCUT2D eigenvalue weighted by molar-refractivity contribution is 5.66. The molecule has 2 aromatic heterocycles. The molecule has 0 fully saturated rings. The summed E-state index contributed by atoms with van der Waals surface area (Å²) in [4.78, 5) is 3.85. The molecule has 2 heterocycles. The van der Waals surface area contributed by atoms with Gasteiger partial charge in [-0.2, -0.15) is 5.10 Å². The first-order chi connectivity index (χ1) is 6.83. The van der Waals surface area contributed by atoms with Gasteiger partial charge in [-0.25, -0.2) is 9.50 Å². The van der Waals surface area contributed by atoms with E-state index in [9.17, 15) is 0 Å². The van der Waals surface area contributed by atoms with Crippen molar-refractivity contribution in [2.75, 3.05) is 5.48 Å². The minimum absolute atomic E-state index is 0.415. The van der Waals surface area contributed by atoms with Gasteiger partial charge in [0, 0.05) is 5.69 Å². The van der Waals surface area contributed by atoms with Crippen molar-refractivity contribution in [3.05, 3.63) is 24.2 Å². The normalized spacial score (nSPS) is 9.43. The van der Waals surface area contributed by atoms with Gasteiger partial charge in [0.05, 0.1) is 0 Å². The average Bonchev–Trinajstić information content (AvgIpc) is 2.64. The molecule has 0 aliphatic heterocycles. The number of aromatic nitrogens is 3. The lowest BCUT2D eigenvalue weighted by Gasteiger charge is -2.00. The Balaban J connectivity index is 0.000000461. The zero-order chi connectivity index (χ0) is 10.6. The summed E-state index contributed by atoms with van der Waals surface area (Å²) >= 11 is 0. The second-order valence-corrected chi connectivity index (χ2v) is 2.49. The molecule has 14 heavy (non-hydrogen) atoms. The molecule has 0 bridgehead atoms. The van der Waals surface area contributed by atoms with Gasteiger partial charge < -0.3 is 0 Å². The van der Waals surface area contributed by atoms with Crippen LogP contribution >= 0.6 is 0 Å². The van der Waals surface area contributed by atoms with Gasteiger partial charge in [-0.05, 0) is 19.1 Å². The Labute approximate surface area is 82.4 Å². The Kier molecular flexibility index (Phi) is 3.41. The number of nitrogens with one attached hydrogen (secondary N) is 1. The molecular weight excluding hydrogens is 180 g/mol. The Morgan fingerprint density at radius 3 is 2.71 bits per heavy atom. The molecule has 0 amide bonds. The van der Waals surface area contributed by atoms with Crippen molar-refractivity contribution in [1.29, 1.82) is 0 Å². The molecule has 0 saturated carbocycles. The van der Waals surface area contributed by atoms with Crippen LogP contribution < -0.4 is 5.48 Å². The number of rotatable bonds is 1. The predicted molar refractivity (Wildman–Crippen MR) is 54.5 cm³/mol. The summed E-state index contributed by atoms with van der Waals surface area (Å²) in [6.07, 6.45) is 1.39. The highest BCUT2D eigenvalue weighted by atomic mass is 16.5. The Morgan fingerprint density at radius 2 is 2.07 bits per heavy atom. The second-order valence-electron chi connectivity index (χ2n) is 2.49. The third-order valence-corrected chi connectivity index (χ3v) is 1.75. The molecule has 0 aromatic carbocycles. The summed E-state index contributed by atoms with van der Waals surface area (Å²) in [7, 11) is 0. The summed E-state index contributed by atoms with van der Waals surface area (Å²) in [6, 6.07) is 3.75. The van der Waals surface area contributed by atoms with E-state index in [4.69, 9.17) is 5.21 Å². The monoisotopic (exact) mass is 194 g/mol. The van der Waals surface area contributed by atoms with Crippen molar-refractivity contribution in [2.45, 2.75) is 20.8 Å². The third kappa shape index (κ3) is 1.67. The zero-order valence-electron chi connectivity index (χ0n) is 8.52. The van der Waals surface area contributed by atoms with E-state index < -0.39 is 0 Å². The molecule has 2 N–H and O–H groups in total. The van der Waals surface area contributed by atoms with Gasteiger partial charge in [-0.15, -0.1) is 0 Å². The zero-order valence-corrected chi connectivity index (χ0v) is 8.52. The Bertz CT molecular complexity index is 410. The molecule has 76 valence electrons. The SMILES string of the molecule is CC.Cc1ccc2c(NO)ncnn12. The maximum Gasteiger partial charge on any atom is 0.177 e. The lowest BCUT2D eigenvalue weighted by molar-refractivity contribution is 0.386. The van der Waals surface area contributed by atoms with Gasteiger partial charge in [0.25, 0.3) is 0 Å². The molecule has 2 rings (SSSR count). The topological polar surface area (TPSA) is 62.5 Å². The molecule has 0 atom stereocenters. The summed E-state index contributed by atoms with van der Waals surface area (Å²) in [5, 5.41) is 12.7. The predicted octanol–water partition coefficient (Wildman–Crippen LogP) is 1.87. The van der Waals surface area contributed by atoms with Crippen molar-refractivity contribution in [1.82, 2.24) is 14.6 Å². The molecule has 0 aliphatic rings. The van der Waals surface area contributed by atoms with Crippen LogP contribution in [0.1, 0.15) is 19.5 Å². The summed E-state index contributed by atoms with van der Waals surface area (Å²) in [5.74, 6) is 0.415. The van der Waals surface area contributed by atoms with Crippen LogP contribution in [0.4, 0.5) is 5.82 Å². The van der Waals surface area contributed by atoms with Gasteiger partial charge in [-0.3, -0.25) is 10.7 Å². The minimum atomic E-state index is 0.415. The second kappa shape index (κ2) is 4.57. The quantitative estimate of drug-likeness (QED) is 0.680. The van der Waals surface area contributed by atoms with Crippen molar-refractivity contribution in [3.8, 4) is 0 Å². The first-order valence-corrected chi connectivity index (χ1v) is 4.52. The van der Waals surface area contributed by atoms with E-state index in [0.717, 1.165) is 11.2 Å². The van der Waals surface area contributed by atoms with E-state index in [1.54, 1.807) is 4.52 Å². The molecule has 2 aromatic rings. The lowest BCUT2D eigenvalue weighted by Crippen LogP contribution is -2.00. The summed E-state index contributed by atoms with van der Waals surface area (Å²) in [5.41, 5.74) is 3.78. The van der Waals surface area contributed by atoms with E-state index in [1.807, 2.05) is 38.4 Å². The smallest absolute Gasteiger partial charge is 0.177 e. The average molecular weight is 194 g/mol. The highest BCUT2D eigenvalue weighted by Gasteiger charge is 2.03. The highest BCUT2D eigenvalue weighted by Crippen LogP contribution is 2.13. The van der Waals surface area contributed by atoms with Gasteiger partial charge in [-0.1, -0.05) is 13.8 Å². The number of hydrogen-bond donors (Lipinski definition) is 2. The lowest BCUT2D eigenvalue weighted by atomic mass is 10.5. The van der Waals surface area contributed by atoms with Crippen molar-refractivity contribution in [2.24, 2.45) is 0 Å². The van der Waals surface area contributed by atoms with Crippen LogP contribution in [0.3, 0.4) is 0 Å². The maximum absolute atomic E-state index is 8.69. The number of fused-ring (bicyclic) bond motifs is 1. The Morgan fingerprint density at radius 1 is 1.36 bits per heavy atom. The molecular formula is C9H14N4O. The third-order valence-electron chi connectivity index (χ3n) is 1.75. The fourth-order valence-electron chi connectivity index (χ4n) is 1.15. The molecule has 0 spiro atoms. The number of hydrogen-bond acceptors (Lipinski definition) is 4. The molecule has 0 aliphatic carbocycles. The maximum atomic E-state index is 8.69. The van der Waals surface area contributed by atoms with Crippen LogP contribution in [0.5, 0.6) is 0 Å². The fourth-order valence-corrected chi connectivity index (χ4v) is 1.15. The van der Waals surface area contributed by atoms with E-state index in [2.05, 4.69) is 10.1 Å². The largest absolute Gasteiger partial charge is 0.290 e. The van der Waals surface area contributed by atoms with Crippen LogP contribution in [-0.4, -0.2) is 19.8 Å². The fraction of sp³-hybridized carbons (Fsp3) is 0.333. The van der Waals surface area contributed by atoms with Crippen LogP contribution in [0.25, 0.3) is 5.52 Å². The number of aryl methyl sites for hydroxylation is 1. The van der Waals surface area contributed by atoms with Gasteiger partial charge >= 0.3 is 0 Å². The minimum Gasteiger partial charge on any atom is -0.290 e. The number of nitrogens with zero attached hydrogens (tertiary/aromatic N) is 3. The molecule has 0 saturated heterocycles. The van der Waals surface area contributed by atoms with Crippen LogP contribution in [0.15, 0.2) is 18.5 Å². The summed E-state index contributed by atoms with van der Waals surface area (Å²) in [6.45, 7) is 5.93. The molecule has 5 heteroatoms. The van der Waals surface area contributed by atoms with Crippen molar-refractivity contribution >= 4 is 11.3 Å². The van der Waals surface area contributed by atoms with E-state index in [0.29, 0.717) is 5.82 Å². The molecule has 0 unspecified atom stereocenters. The number of anilines is 1. The standard InChI is InChI=1S/C7H8N4O.C2H6/c1-5-2-3-6-7(10-12)8-4-9-11(5)6;1-2/h2-4,12H,1H3,(H,8,9,10);1-2H3. The van der Waals surface area contributed by atoms with Crippen LogP contribution in [-0.2, 0) is 0 Å². The van der Waals surface area contributed by atoms with Gasteiger partial charge in [0.1, 0.15) is 11.8 Å². The van der Waals surface area contributed by atoms with E-state index in [1.165, 1.54) is 6.33 Å². The van der Waals surface area contributed by atoms with Gasteiger partial charge in [0.2, 0.25) is 0 Å². The van der Waals surface area contributed by atoms with Crippen LogP contribution in [0.2, 0.25) is 0 Å². The van der Waals surface area contributed by atoms with Crippen molar-refractivity contribution < 1.29 is 5.21 Å². The first kappa shape index (κ1) is 10.5. The molecule has 0 radical (unpaired) electrons. The summed E-state index contributed by atoms with van der Waals surface area (Å²) < 4.78 is 1.70. The Hall–Kier alpha value is -1.62. The van der Waals surface area contributed by atoms with Crippen LogP contribution in [0, 0.1) is 6.92 Å². The van der Waals surface area contributed by atoms with Crippen molar-refractivity contribution in [3.63, 3.8) is 0 Å². The van der Waals surface area contributed by atoms with E-state index >= 15 is 0 Å². The first-order valence-electron chi connectivity index (χ1n) is 4.52.